The monoisotopic (exact) mass is 952 g/mol. The lowest BCUT2D eigenvalue weighted by atomic mass is 10.1. The number of nitrogens with one attached hydrogen (secondary N) is 2. The Morgan fingerprint density at radius 1 is 0.710 bits per heavy atom. The van der Waals surface area contributed by atoms with E-state index in [0.717, 1.165) is 43.1 Å². The Morgan fingerprint density at radius 3 is 1.71 bits per heavy atom. The second-order valence-corrected chi connectivity index (χ2v) is 14.7. The van der Waals surface area contributed by atoms with Gasteiger partial charge in [0.25, 0.3) is 5.91 Å². The first-order valence-electron chi connectivity index (χ1n) is 21.5. The fourth-order valence-electron chi connectivity index (χ4n) is 6.92. The van der Waals surface area contributed by atoms with Gasteiger partial charge < -0.3 is 43.8 Å². The van der Waals surface area contributed by atoms with Crippen molar-refractivity contribution in [1.82, 2.24) is 5.32 Å². The van der Waals surface area contributed by atoms with Gasteiger partial charge in [-0.2, -0.15) is 0 Å². The molecule has 0 spiro atoms. The zero-order valence-corrected chi connectivity index (χ0v) is 37.3. The number of fused-ring (bicyclic) bond motifs is 2. The number of hydrogen-bond donors (Lipinski definition) is 3. The molecule has 3 N–H and O–H groups in total. The van der Waals surface area contributed by atoms with E-state index in [0.29, 0.717) is 27.6 Å². The molecule has 69 heavy (non-hydrogen) atoms. The number of nitrogens with zero attached hydrogens (tertiary/aromatic N) is 2. The van der Waals surface area contributed by atoms with E-state index in [1.165, 1.54) is 24.3 Å². The molecule has 0 atom stereocenters. The lowest BCUT2D eigenvalue weighted by molar-refractivity contribution is -0.138. The van der Waals surface area contributed by atoms with E-state index >= 15 is 0 Å². The van der Waals surface area contributed by atoms with Gasteiger partial charge in [-0.25, -0.2) is 19.2 Å². The minimum atomic E-state index is -1.41. The predicted molar refractivity (Wildman–Crippen MR) is 269 cm³/mol. The van der Waals surface area contributed by atoms with E-state index < -0.39 is 52.7 Å². The van der Waals surface area contributed by atoms with E-state index in [2.05, 4.69) is 20.4 Å². The fraction of sp³-hybridized carbons (Fsp3) is 0.346. The standard InChI is InChI=1S/C30H33N3O7.C19H19NO6.3CH4/c1-4-33(5-2)24-14-11-22-17-25(30(38)40-26(22)18-24)28(36)31-19-27(35)32-23-12-8-20(9-13-23)7-10-21(15-16-34)29(37)39-6-3;1-3-20(4-2)12-6-5-11-9-13(18(23)25-16(11)10-12)19(24)26-17-14(21)7-8-15(17)22;;;/h7-15,17-18,34H,4-6,16,19H2,1-3H3,(H,31,36)(H,32,35);5-6,9-10,17H,3-4,7-8H2,1-2H3;3*1H4/b10-7+,21-15+;;;;. The molecule has 0 unspecified atom stereocenters. The quantitative estimate of drug-likeness (QED) is 0.0269. The molecule has 2 amide bonds. The van der Waals surface area contributed by atoms with E-state index in [9.17, 15) is 38.4 Å². The average Bonchev–Trinajstić information content (AvgIpc) is 3.62. The number of aliphatic hydroxyl groups excluding tert-OH is 1. The van der Waals surface area contributed by atoms with Crippen LogP contribution in [0, 0.1) is 0 Å². The third-order valence-corrected chi connectivity index (χ3v) is 10.5. The van der Waals surface area contributed by atoms with Crippen molar-refractivity contribution in [1.29, 1.82) is 0 Å². The predicted octanol–water partition coefficient (Wildman–Crippen LogP) is 7.51. The maximum Gasteiger partial charge on any atom is 0.351 e. The number of esters is 2. The van der Waals surface area contributed by atoms with Gasteiger partial charge in [-0.3, -0.25) is 19.2 Å². The zero-order chi connectivity index (χ0) is 47.9. The van der Waals surface area contributed by atoms with E-state index in [1.54, 1.807) is 61.5 Å². The summed E-state index contributed by atoms with van der Waals surface area (Å²) >= 11 is 0. The van der Waals surface area contributed by atoms with Gasteiger partial charge in [0.15, 0.2) is 11.6 Å². The summed E-state index contributed by atoms with van der Waals surface area (Å²) in [5.41, 5.74) is 1.83. The number of amides is 2. The number of anilines is 3. The highest BCUT2D eigenvalue weighted by Gasteiger charge is 2.37. The summed E-state index contributed by atoms with van der Waals surface area (Å²) in [4.78, 5) is 101. The summed E-state index contributed by atoms with van der Waals surface area (Å²) in [6.07, 6.45) is 3.24. The topological polar surface area (TPSA) is 232 Å². The molecule has 2 heterocycles. The van der Waals surface area contributed by atoms with Crippen LogP contribution in [0.2, 0.25) is 0 Å². The molecule has 370 valence electrons. The molecular formula is C52H64N4O13. The van der Waals surface area contributed by atoms with Crippen LogP contribution in [0.1, 0.15) is 96.0 Å². The Labute approximate surface area is 401 Å². The molecule has 1 aliphatic carbocycles. The normalized spacial score (nSPS) is 12.2. The minimum Gasteiger partial charge on any atom is -0.462 e. The Hall–Kier alpha value is -7.66. The van der Waals surface area contributed by atoms with Gasteiger partial charge in [-0.05, 0) is 101 Å². The summed E-state index contributed by atoms with van der Waals surface area (Å²) < 4.78 is 20.5. The summed E-state index contributed by atoms with van der Waals surface area (Å²) in [6, 6.07) is 20.4. The number of ketones is 2. The van der Waals surface area contributed by atoms with Crippen molar-refractivity contribution in [3.63, 3.8) is 0 Å². The van der Waals surface area contributed by atoms with Crippen molar-refractivity contribution in [2.75, 3.05) is 61.1 Å². The van der Waals surface area contributed by atoms with Crippen molar-refractivity contribution < 1.29 is 52.2 Å². The number of Topliss-reactive ketones (excluding diaryl/α,β-unsaturated/α-hetero) is 2. The van der Waals surface area contributed by atoms with Crippen LogP contribution in [0.25, 0.3) is 28.0 Å². The maximum atomic E-state index is 12.6. The molecule has 1 aliphatic rings. The van der Waals surface area contributed by atoms with Gasteiger partial charge >= 0.3 is 23.2 Å². The van der Waals surface area contributed by atoms with Crippen LogP contribution in [-0.4, -0.2) is 92.5 Å². The van der Waals surface area contributed by atoms with Crippen LogP contribution in [0.4, 0.5) is 17.1 Å². The summed E-state index contributed by atoms with van der Waals surface area (Å²) in [5.74, 6) is -3.66. The van der Waals surface area contributed by atoms with Crippen LogP contribution in [0.3, 0.4) is 0 Å². The highest BCUT2D eigenvalue weighted by molar-refractivity contribution is 6.13. The molecule has 3 aromatic carbocycles. The molecule has 17 heteroatoms. The molecule has 0 radical (unpaired) electrons. The third kappa shape index (κ3) is 14.9. The van der Waals surface area contributed by atoms with Gasteiger partial charge in [0.05, 0.1) is 25.3 Å². The largest absolute Gasteiger partial charge is 0.462 e. The molecule has 2 aromatic heterocycles. The number of hydrogen-bond acceptors (Lipinski definition) is 15. The van der Waals surface area contributed by atoms with Crippen LogP contribution in [-0.2, 0) is 28.7 Å². The van der Waals surface area contributed by atoms with Crippen LogP contribution >= 0.6 is 0 Å². The number of rotatable bonds is 17. The Kier molecular flexibility index (Phi) is 22.7. The van der Waals surface area contributed by atoms with Gasteiger partial charge in [0, 0.05) is 79.0 Å². The van der Waals surface area contributed by atoms with Crippen molar-refractivity contribution >= 4 is 80.4 Å². The number of benzene rings is 3. The molecule has 5 aromatic rings. The van der Waals surface area contributed by atoms with Crippen LogP contribution < -0.4 is 31.7 Å². The van der Waals surface area contributed by atoms with Gasteiger partial charge in [0.1, 0.15) is 22.3 Å². The lowest BCUT2D eigenvalue weighted by Gasteiger charge is -2.21. The van der Waals surface area contributed by atoms with Crippen LogP contribution in [0.15, 0.2) is 109 Å². The minimum absolute atomic E-state index is 0. The SMILES string of the molecule is C.C.C.CCN(CC)c1ccc2cc(C(=O)OC3C(=O)CCC3=O)c(=O)oc2c1.CCOC(=O)C(/C=C/c1ccc(NC(=O)CNC(=O)c2cc3ccc(N(CC)CC)cc3oc2=O)cc1)=C/CO. The number of carbonyl (C=O) groups is 6. The number of ether oxygens (including phenoxy) is 2. The molecular weight excluding hydrogens is 889 g/mol. The van der Waals surface area contributed by atoms with Gasteiger partial charge in [0.2, 0.25) is 12.0 Å². The Morgan fingerprint density at radius 2 is 1.22 bits per heavy atom. The first-order chi connectivity index (χ1) is 31.7. The first kappa shape index (κ1) is 57.5. The van der Waals surface area contributed by atoms with Crippen molar-refractivity contribution in [3.05, 3.63) is 128 Å². The first-order valence-corrected chi connectivity index (χ1v) is 21.5. The molecule has 1 saturated carbocycles. The molecule has 17 nitrogen and oxygen atoms in total. The summed E-state index contributed by atoms with van der Waals surface area (Å²) in [6.45, 7) is 12.6. The Balaban J connectivity index is 0.000000490. The van der Waals surface area contributed by atoms with E-state index in [-0.39, 0.29) is 71.6 Å². The maximum absolute atomic E-state index is 12.6. The summed E-state index contributed by atoms with van der Waals surface area (Å²) in [7, 11) is 0. The smallest absolute Gasteiger partial charge is 0.351 e. The molecule has 0 aliphatic heterocycles. The second kappa shape index (κ2) is 27.2. The Bertz CT molecular complexity index is 2770. The fourth-order valence-corrected chi connectivity index (χ4v) is 6.92. The molecule has 6 rings (SSSR count). The van der Waals surface area contributed by atoms with Crippen molar-refractivity contribution in [2.24, 2.45) is 0 Å². The lowest BCUT2D eigenvalue weighted by Crippen LogP contribution is -2.35. The molecule has 0 saturated heterocycles. The van der Waals surface area contributed by atoms with Gasteiger partial charge in [-0.1, -0.05) is 40.5 Å². The highest BCUT2D eigenvalue weighted by atomic mass is 16.6. The van der Waals surface area contributed by atoms with Crippen LogP contribution in [0.5, 0.6) is 0 Å². The van der Waals surface area contributed by atoms with Crippen molar-refractivity contribution in [2.45, 2.75) is 75.8 Å². The second-order valence-electron chi connectivity index (χ2n) is 14.7. The summed E-state index contributed by atoms with van der Waals surface area (Å²) in [5, 5.41) is 15.4. The third-order valence-electron chi connectivity index (χ3n) is 10.5. The number of aliphatic hydroxyl groups is 1. The van der Waals surface area contributed by atoms with Crippen molar-refractivity contribution in [3.8, 4) is 0 Å². The molecule has 1 fully saturated rings. The zero-order valence-electron chi connectivity index (χ0n) is 37.3. The number of carbonyl (C=O) groups excluding carboxylic acids is 6. The van der Waals surface area contributed by atoms with E-state index in [1.807, 2.05) is 39.8 Å². The van der Waals surface area contributed by atoms with E-state index in [4.69, 9.17) is 23.4 Å². The molecule has 0 bridgehead atoms. The highest BCUT2D eigenvalue weighted by Crippen LogP contribution is 2.24. The van der Waals surface area contributed by atoms with Gasteiger partial charge in [-0.15, -0.1) is 0 Å². The average molecular weight is 953 g/mol.